The first-order valence-corrected chi connectivity index (χ1v) is 11.7. The molecule has 0 aliphatic carbocycles. The molecule has 0 atom stereocenters. The molecule has 0 bridgehead atoms. The van der Waals surface area contributed by atoms with Crippen LogP contribution in [0.2, 0.25) is 0 Å². The molecule has 1 amide bonds. The van der Waals surface area contributed by atoms with E-state index in [9.17, 15) is 4.79 Å². The average Bonchev–Trinajstić information content (AvgIpc) is 3.18. The maximum Gasteiger partial charge on any atom is 0.260 e. The lowest BCUT2D eigenvalue weighted by Gasteiger charge is -2.25. The van der Waals surface area contributed by atoms with Crippen LogP contribution in [-0.2, 0) is 5.41 Å². The highest BCUT2D eigenvalue weighted by molar-refractivity contribution is 7.22. The third-order valence-electron chi connectivity index (χ3n) is 5.59. The number of thiazole rings is 1. The fourth-order valence-corrected chi connectivity index (χ4v) is 4.49. The van der Waals surface area contributed by atoms with Crippen LogP contribution in [0.25, 0.3) is 10.2 Å². The van der Waals surface area contributed by atoms with Gasteiger partial charge < -0.3 is 9.64 Å². The third kappa shape index (κ3) is 5.43. The monoisotopic (exact) mass is 439 g/mol. The Morgan fingerprint density at radius 1 is 1.03 bits per heavy atom. The Bertz CT molecular complexity index is 1020. The van der Waals surface area contributed by atoms with Crippen LogP contribution >= 0.6 is 11.3 Å². The molecule has 166 valence electrons. The molecule has 31 heavy (non-hydrogen) atoms. The molecule has 5 nitrogen and oxygen atoms in total. The number of anilines is 1. The van der Waals surface area contributed by atoms with Gasteiger partial charge in [-0.1, -0.05) is 58.1 Å². The highest BCUT2D eigenvalue weighted by Crippen LogP contribution is 2.32. The minimum atomic E-state index is -0.0152. The van der Waals surface area contributed by atoms with Gasteiger partial charge in [0.25, 0.3) is 5.91 Å². The van der Waals surface area contributed by atoms with Crippen LogP contribution in [0.3, 0.4) is 0 Å². The van der Waals surface area contributed by atoms with Crippen molar-refractivity contribution in [2.75, 3.05) is 38.2 Å². The molecule has 6 heteroatoms. The number of ether oxygens (including phenoxy) is 1. The minimum absolute atomic E-state index is 0.0152. The first-order valence-electron chi connectivity index (χ1n) is 10.9. The SMILES string of the molecule is CCN(CC)CCN(C(=O)c1ccc(C(C)(C)C)cc1)c1nc2ccc(OC)cc2s1. The van der Waals surface area contributed by atoms with E-state index in [0.29, 0.717) is 12.1 Å². The molecule has 0 fully saturated rings. The predicted molar refractivity (Wildman–Crippen MR) is 131 cm³/mol. The summed E-state index contributed by atoms with van der Waals surface area (Å²) in [4.78, 5) is 22.5. The Hall–Kier alpha value is -2.44. The Morgan fingerprint density at radius 2 is 1.71 bits per heavy atom. The fourth-order valence-electron chi connectivity index (χ4n) is 3.47. The zero-order chi connectivity index (χ0) is 22.6. The second kappa shape index (κ2) is 9.79. The molecule has 0 aliphatic rings. The number of hydrogen-bond donors (Lipinski definition) is 0. The van der Waals surface area contributed by atoms with Crippen molar-refractivity contribution in [2.45, 2.75) is 40.0 Å². The van der Waals surface area contributed by atoms with Gasteiger partial charge in [0.1, 0.15) is 5.75 Å². The number of hydrogen-bond acceptors (Lipinski definition) is 5. The summed E-state index contributed by atoms with van der Waals surface area (Å²) >= 11 is 1.53. The van der Waals surface area contributed by atoms with E-state index in [2.05, 4.69) is 51.7 Å². The maximum atomic E-state index is 13.5. The summed E-state index contributed by atoms with van der Waals surface area (Å²) in [6, 6.07) is 13.8. The number of benzene rings is 2. The van der Waals surface area contributed by atoms with Crippen LogP contribution < -0.4 is 9.64 Å². The summed E-state index contributed by atoms with van der Waals surface area (Å²) in [7, 11) is 1.66. The second-order valence-corrected chi connectivity index (χ2v) is 9.65. The van der Waals surface area contributed by atoms with Crippen molar-refractivity contribution >= 4 is 32.6 Å². The molecule has 0 spiro atoms. The standard InChI is InChI=1S/C25H33N3O2S/c1-7-27(8-2)15-16-28(23(29)18-9-11-19(12-10-18)25(3,4)5)24-26-21-14-13-20(30-6)17-22(21)31-24/h9-14,17H,7-8,15-16H2,1-6H3. The van der Waals surface area contributed by atoms with Crippen LogP contribution in [-0.4, -0.2) is 49.1 Å². The van der Waals surface area contributed by atoms with Gasteiger partial charge >= 0.3 is 0 Å². The van der Waals surface area contributed by atoms with Gasteiger partial charge in [-0.15, -0.1) is 0 Å². The van der Waals surface area contributed by atoms with Crippen molar-refractivity contribution in [3.05, 3.63) is 53.6 Å². The maximum absolute atomic E-state index is 13.5. The molecule has 1 heterocycles. The van der Waals surface area contributed by atoms with Gasteiger partial charge in [0.2, 0.25) is 0 Å². The summed E-state index contributed by atoms with van der Waals surface area (Å²) in [5.74, 6) is 0.778. The molecule has 3 rings (SSSR count). The molecular weight excluding hydrogens is 406 g/mol. The van der Waals surface area contributed by atoms with E-state index < -0.39 is 0 Å². The number of aromatic nitrogens is 1. The minimum Gasteiger partial charge on any atom is -0.497 e. The smallest absolute Gasteiger partial charge is 0.260 e. The third-order valence-corrected chi connectivity index (χ3v) is 6.63. The normalized spacial score (nSPS) is 11.8. The summed E-state index contributed by atoms with van der Waals surface area (Å²) in [5, 5.41) is 0.723. The molecular formula is C25H33N3O2S. The van der Waals surface area contributed by atoms with Crippen LogP contribution in [0.5, 0.6) is 5.75 Å². The van der Waals surface area contributed by atoms with E-state index in [0.717, 1.165) is 40.7 Å². The number of methoxy groups -OCH3 is 1. The van der Waals surface area contributed by atoms with Gasteiger partial charge in [0, 0.05) is 18.7 Å². The second-order valence-electron chi connectivity index (χ2n) is 8.64. The number of carbonyl (C=O) groups excluding carboxylic acids is 1. The van der Waals surface area contributed by atoms with Crippen LogP contribution in [0, 0.1) is 0 Å². The lowest BCUT2D eigenvalue weighted by atomic mass is 9.86. The Labute approximate surface area is 189 Å². The van der Waals surface area contributed by atoms with Crippen molar-refractivity contribution in [3.63, 3.8) is 0 Å². The van der Waals surface area contributed by atoms with E-state index in [1.807, 2.05) is 35.2 Å². The summed E-state index contributed by atoms with van der Waals surface area (Å²) in [6.45, 7) is 14.1. The number of nitrogens with zero attached hydrogens (tertiary/aromatic N) is 3. The molecule has 0 saturated carbocycles. The van der Waals surface area contributed by atoms with E-state index in [-0.39, 0.29) is 11.3 Å². The molecule has 3 aromatic rings. The molecule has 0 unspecified atom stereocenters. The highest BCUT2D eigenvalue weighted by atomic mass is 32.1. The molecule has 0 radical (unpaired) electrons. The number of carbonyl (C=O) groups is 1. The molecule has 0 aliphatic heterocycles. The van der Waals surface area contributed by atoms with E-state index in [1.165, 1.54) is 16.9 Å². The van der Waals surface area contributed by atoms with Crippen molar-refractivity contribution in [3.8, 4) is 5.75 Å². The zero-order valence-electron chi connectivity index (χ0n) is 19.4. The van der Waals surface area contributed by atoms with Crippen molar-refractivity contribution in [2.24, 2.45) is 0 Å². The Balaban J connectivity index is 1.94. The van der Waals surface area contributed by atoms with Crippen molar-refractivity contribution < 1.29 is 9.53 Å². The van der Waals surface area contributed by atoms with Gasteiger partial charge in [-0.05, 0) is 54.4 Å². The predicted octanol–water partition coefficient (Wildman–Crippen LogP) is 5.59. The largest absolute Gasteiger partial charge is 0.497 e. The molecule has 0 N–H and O–H groups in total. The van der Waals surface area contributed by atoms with Crippen LogP contribution in [0.1, 0.15) is 50.5 Å². The summed E-state index contributed by atoms with van der Waals surface area (Å²) in [6.07, 6.45) is 0. The molecule has 2 aromatic carbocycles. The summed E-state index contributed by atoms with van der Waals surface area (Å²) < 4.78 is 6.36. The van der Waals surface area contributed by atoms with Gasteiger partial charge in [0.05, 0.1) is 17.3 Å². The van der Waals surface area contributed by atoms with Crippen molar-refractivity contribution in [1.82, 2.24) is 9.88 Å². The number of fused-ring (bicyclic) bond motifs is 1. The number of rotatable bonds is 8. The number of amides is 1. The fraction of sp³-hybridized carbons (Fsp3) is 0.440. The van der Waals surface area contributed by atoms with E-state index in [1.54, 1.807) is 7.11 Å². The molecule has 0 saturated heterocycles. The first kappa shape index (κ1) is 23.2. The van der Waals surface area contributed by atoms with Crippen LogP contribution in [0.15, 0.2) is 42.5 Å². The quantitative estimate of drug-likeness (QED) is 0.459. The van der Waals surface area contributed by atoms with Gasteiger partial charge in [0.15, 0.2) is 5.13 Å². The Morgan fingerprint density at radius 3 is 2.29 bits per heavy atom. The number of likely N-dealkylation sites (N-methyl/N-ethyl adjacent to an activating group) is 1. The summed E-state index contributed by atoms with van der Waals surface area (Å²) in [5.41, 5.74) is 2.83. The van der Waals surface area contributed by atoms with Gasteiger partial charge in [-0.25, -0.2) is 4.98 Å². The highest BCUT2D eigenvalue weighted by Gasteiger charge is 2.23. The van der Waals surface area contributed by atoms with Gasteiger partial charge in [-0.3, -0.25) is 9.69 Å². The van der Waals surface area contributed by atoms with E-state index >= 15 is 0 Å². The van der Waals surface area contributed by atoms with Crippen molar-refractivity contribution in [1.29, 1.82) is 0 Å². The lowest BCUT2D eigenvalue weighted by Crippen LogP contribution is -2.38. The first-order chi connectivity index (χ1) is 14.8. The molecule has 1 aromatic heterocycles. The lowest BCUT2D eigenvalue weighted by molar-refractivity contribution is 0.0983. The zero-order valence-corrected chi connectivity index (χ0v) is 20.3. The van der Waals surface area contributed by atoms with Gasteiger partial charge in [-0.2, -0.15) is 0 Å². The van der Waals surface area contributed by atoms with Crippen LogP contribution in [0.4, 0.5) is 5.13 Å². The average molecular weight is 440 g/mol. The van der Waals surface area contributed by atoms with E-state index in [4.69, 9.17) is 9.72 Å². The Kier molecular flexibility index (Phi) is 7.34. The topological polar surface area (TPSA) is 45.7 Å².